The van der Waals surface area contributed by atoms with Gasteiger partial charge in [0.15, 0.2) is 0 Å². The van der Waals surface area contributed by atoms with Gasteiger partial charge in [-0.25, -0.2) is 0 Å². The van der Waals surface area contributed by atoms with Crippen LogP contribution in [-0.4, -0.2) is 39.2 Å². The average molecular weight is 587 g/mol. The fraction of sp³-hybridized carbons (Fsp3) is 0.697. The Kier molecular flexibility index (Phi) is 8.23. The van der Waals surface area contributed by atoms with Crippen LogP contribution in [0.15, 0.2) is 40.8 Å². The van der Waals surface area contributed by atoms with Crippen molar-refractivity contribution in [3.05, 3.63) is 41.5 Å². The van der Waals surface area contributed by atoms with Gasteiger partial charge in [-0.2, -0.15) is 8.42 Å². The fourth-order valence-corrected chi connectivity index (χ4v) is 10.4. The van der Waals surface area contributed by atoms with Crippen molar-refractivity contribution in [1.82, 2.24) is 0 Å². The normalized spacial score (nSPS) is 37.2. The van der Waals surface area contributed by atoms with E-state index in [4.69, 9.17) is 13.7 Å². The second-order valence-corrected chi connectivity index (χ2v) is 15.3. The van der Waals surface area contributed by atoms with Crippen LogP contribution in [-0.2, 0) is 33.4 Å². The SMILES string of the molecule is CC(=O)O[C@@H]1CC2=CC[C@H]3[C@@H]4CC[C@H]([C@H](C)COS(=O)(=O)c5ccc(C)cc5)[C@@]4(C)CC[C@@H]3[C@@]2(C)[C@@H](OC(C)=O)C1. The van der Waals surface area contributed by atoms with Crippen molar-refractivity contribution >= 4 is 22.1 Å². The number of aryl methyl sites for hydroxylation is 1. The predicted molar refractivity (Wildman–Crippen MR) is 155 cm³/mol. The summed E-state index contributed by atoms with van der Waals surface area (Å²) in [6, 6.07) is 6.80. The molecule has 9 atom stereocenters. The molecule has 226 valence electrons. The van der Waals surface area contributed by atoms with Crippen molar-refractivity contribution in [3.63, 3.8) is 0 Å². The summed E-state index contributed by atoms with van der Waals surface area (Å²) in [5.41, 5.74) is 2.10. The Hall–Kier alpha value is -2.19. The minimum atomic E-state index is -3.80. The van der Waals surface area contributed by atoms with Gasteiger partial charge in [0, 0.05) is 32.1 Å². The van der Waals surface area contributed by atoms with Crippen LogP contribution in [0.3, 0.4) is 0 Å². The summed E-state index contributed by atoms with van der Waals surface area (Å²) in [5.74, 6) is 1.27. The summed E-state index contributed by atoms with van der Waals surface area (Å²) in [4.78, 5) is 24.2. The molecule has 0 amide bonds. The Morgan fingerprint density at radius 3 is 2.34 bits per heavy atom. The smallest absolute Gasteiger partial charge is 0.302 e. The molecule has 41 heavy (non-hydrogen) atoms. The summed E-state index contributed by atoms with van der Waals surface area (Å²) in [6.07, 6.45) is 8.25. The third-order valence-corrected chi connectivity index (χ3v) is 12.6. The van der Waals surface area contributed by atoms with Crippen LogP contribution < -0.4 is 0 Å². The molecule has 8 heteroatoms. The summed E-state index contributed by atoms with van der Waals surface area (Å²) in [5, 5.41) is 0. The Bertz CT molecular complexity index is 1300. The van der Waals surface area contributed by atoms with Crippen LogP contribution in [0.1, 0.15) is 85.1 Å². The lowest BCUT2D eigenvalue weighted by atomic mass is 9.46. The van der Waals surface area contributed by atoms with Crippen molar-refractivity contribution in [2.75, 3.05) is 6.61 Å². The van der Waals surface area contributed by atoms with Crippen molar-refractivity contribution in [3.8, 4) is 0 Å². The largest absolute Gasteiger partial charge is 0.462 e. The first-order valence-electron chi connectivity index (χ1n) is 15.3. The highest BCUT2D eigenvalue weighted by molar-refractivity contribution is 7.86. The number of hydrogen-bond donors (Lipinski definition) is 0. The van der Waals surface area contributed by atoms with Crippen LogP contribution in [0.5, 0.6) is 0 Å². The standard InChI is InChI=1S/C33H46O7S/c1-20-7-10-26(11-8-20)41(36,37)38-19-21(2)28-13-14-29-27-12-9-24-17-25(39-22(3)34)18-31(40-23(4)35)33(24,6)30(27)15-16-32(28,29)5/h7-11,21,25,27-31H,12-19H2,1-6H3/t21-,25-,27+,28-,29+,30+,31+,32-,33+/m1/s1. The highest BCUT2D eigenvalue weighted by Gasteiger charge is 2.62. The number of carbonyl (C=O) groups excluding carboxylic acids is 2. The first-order valence-corrected chi connectivity index (χ1v) is 16.7. The van der Waals surface area contributed by atoms with Gasteiger partial charge in [0.1, 0.15) is 12.2 Å². The molecule has 3 fully saturated rings. The number of hydrogen-bond acceptors (Lipinski definition) is 7. The zero-order valence-electron chi connectivity index (χ0n) is 25.4. The molecule has 0 unspecified atom stereocenters. The van der Waals surface area contributed by atoms with Crippen LogP contribution in [0.4, 0.5) is 0 Å². The van der Waals surface area contributed by atoms with Gasteiger partial charge in [-0.15, -0.1) is 0 Å². The maximum atomic E-state index is 12.9. The quantitative estimate of drug-likeness (QED) is 0.208. The Labute approximate surface area is 245 Å². The average Bonchev–Trinajstić information content (AvgIpc) is 3.25. The van der Waals surface area contributed by atoms with Crippen LogP contribution in [0.2, 0.25) is 0 Å². The van der Waals surface area contributed by atoms with Gasteiger partial charge in [0.25, 0.3) is 10.1 Å². The molecule has 0 aromatic heterocycles. The van der Waals surface area contributed by atoms with Gasteiger partial charge in [-0.1, -0.05) is 50.1 Å². The monoisotopic (exact) mass is 586 g/mol. The van der Waals surface area contributed by atoms with Crippen molar-refractivity contribution in [2.24, 2.45) is 40.4 Å². The number of rotatable bonds is 7. The molecule has 0 N–H and O–H groups in total. The number of allylic oxidation sites excluding steroid dienone is 1. The Balaban J connectivity index is 1.33. The summed E-state index contributed by atoms with van der Waals surface area (Å²) < 4.78 is 43.0. The van der Waals surface area contributed by atoms with Crippen LogP contribution >= 0.6 is 0 Å². The maximum absolute atomic E-state index is 12.9. The van der Waals surface area contributed by atoms with E-state index in [0.717, 1.165) is 37.7 Å². The Morgan fingerprint density at radius 1 is 1.00 bits per heavy atom. The molecule has 0 bridgehead atoms. The molecule has 0 radical (unpaired) electrons. The highest BCUT2D eigenvalue weighted by atomic mass is 32.2. The van der Waals surface area contributed by atoms with E-state index >= 15 is 0 Å². The van der Waals surface area contributed by atoms with Crippen LogP contribution in [0, 0.1) is 47.3 Å². The first kappa shape index (κ1) is 30.3. The van der Waals surface area contributed by atoms with Gasteiger partial charge in [0.2, 0.25) is 0 Å². The first-order chi connectivity index (χ1) is 19.3. The summed E-state index contributed by atoms with van der Waals surface area (Å²) in [6.45, 7) is 11.8. The van der Waals surface area contributed by atoms with Crippen LogP contribution in [0.25, 0.3) is 0 Å². The summed E-state index contributed by atoms with van der Waals surface area (Å²) in [7, 11) is -3.80. The molecule has 4 aliphatic rings. The van der Waals surface area contributed by atoms with Crippen molar-refractivity contribution in [2.45, 2.75) is 104 Å². The third kappa shape index (κ3) is 5.51. The second kappa shape index (κ2) is 11.1. The number of fused-ring (bicyclic) bond motifs is 5. The molecular weight excluding hydrogens is 540 g/mol. The molecule has 0 spiro atoms. The number of carbonyl (C=O) groups is 2. The van der Waals surface area contributed by atoms with Crippen molar-refractivity contribution < 1.29 is 31.7 Å². The topological polar surface area (TPSA) is 96.0 Å². The van der Waals surface area contributed by atoms with E-state index in [1.165, 1.54) is 19.4 Å². The van der Waals surface area contributed by atoms with Crippen molar-refractivity contribution in [1.29, 1.82) is 0 Å². The Morgan fingerprint density at radius 2 is 1.68 bits per heavy atom. The van der Waals surface area contributed by atoms with E-state index in [1.54, 1.807) is 24.3 Å². The molecule has 3 saturated carbocycles. The van der Waals surface area contributed by atoms with E-state index in [2.05, 4.69) is 26.8 Å². The van der Waals surface area contributed by atoms with Gasteiger partial charge in [-0.05, 0) is 86.2 Å². The lowest BCUT2D eigenvalue weighted by Gasteiger charge is -2.60. The van der Waals surface area contributed by atoms with E-state index in [0.29, 0.717) is 36.5 Å². The zero-order chi connectivity index (χ0) is 29.7. The molecule has 0 saturated heterocycles. The van der Waals surface area contributed by atoms with E-state index in [1.807, 2.05) is 6.92 Å². The minimum Gasteiger partial charge on any atom is -0.462 e. The van der Waals surface area contributed by atoms with Gasteiger partial charge >= 0.3 is 11.9 Å². The lowest BCUT2D eigenvalue weighted by Crippen LogP contribution is -2.57. The van der Waals surface area contributed by atoms with Gasteiger partial charge < -0.3 is 9.47 Å². The molecule has 1 aromatic carbocycles. The lowest BCUT2D eigenvalue weighted by molar-refractivity contribution is -0.172. The molecule has 0 aliphatic heterocycles. The molecule has 0 heterocycles. The van der Waals surface area contributed by atoms with Gasteiger partial charge in [0.05, 0.1) is 11.5 Å². The second-order valence-electron chi connectivity index (χ2n) is 13.7. The molecule has 4 aliphatic carbocycles. The zero-order valence-corrected chi connectivity index (χ0v) is 26.2. The van der Waals surface area contributed by atoms with E-state index < -0.39 is 10.1 Å². The third-order valence-electron chi connectivity index (χ3n) is 11.3. The summed E-state index contributed by atoms with van der Waals surface area (Å²) >= 11 is 0. The fourth-order valence-electron chi connectivity index (χ4n) is 9.41. The van der Waals surface area contributed by atoms with Gasteiger partial charge in [-0.3, -0.25) is 13.8 Å². The molecule has 5 rings (SSSR count). The predicted octanol–water partition coefficient (Wildman–Crippen LogP) is 6.39. The van der Waals surface area contributed by atoms with E-state index in [-0.39, 0.29) is 52.4 Å². The highest BCUT2D eigenvalue weighted by Crippen LogP contribution is 2.67. The molecule has 1 aromatic rings. The minimum absolute atomic E-state index is 0.102. The maximum Gasteiger partial charge on any atom is 0.302 e. The number of benzene rings is 1. The van der Waals surface area contributed by atoms with E-state index in [9.17, 15) is 18.0 Å². The number of ether oxygens (including phenoxy) is 2. The molecule has 7 nitrogen and oxygen atoms in total. The molecular formula is C33H46O7S. The number of esters is 2.